The number of carbonyl (C=O) groups excluding carboxylic acids is 2. The Balaban J connectivity index is 1.50. The minimum Gasteiger partial charge on any atom is -0.496 e. The van der Waals surface area contributed by atoms with Gasteiger partial charge in [-0.25, -0.2) is 4.98 Å². The molecule has 2 amide bonds. The van der Waals surface area contributed by atoms with Gasteiger partial charge in [0.15, 0.2) is 0 Å². The predicted octanol–water partition coefficient (Wildman–Crippen LogP) is 4.78. The Labute approximate surface area is 231 Å². The lowest BCUT2D eigenvalue weighted by molar-refractivity contribution is -0.111. The quantitative estimate of drug-likeness (QED) is 0.293. The van der Waals surface area contributed by atoms with Crippen LogP contribution in [-0.4, -0.2) is 34.0 Å². The highest BCUT2D eigenvalue weighted by molar-refractivity contribution is 6.11. The molecule has 0 aliphatic heterocycles. The molecule has 2 bridgehead atoms. The highest BCUT2D eigenvalue weighted by Crippen LogP contribution is 2.57. The first-order valence-electron chi connectivity index (χ1n) is 13.0. The van der Waals surface area contributed by atoms with E-state index in [0.717, 1.165) is 47.6 Å². The third kappa shape index (κ3) is 3.88. The average molecular weight is 533 g/mol. The number of anilines is 2. The lowest BCUT2D eigenvalue weighted by atomic mass is 9.50. The topological polar surface area (TPSA) is 135 Å². The second kappa shape index (κ2) is 9.27. The van der Waals surface area contributed by atoms with Crippen molar-refractivity contribution in [3.05, 3.63) is 72.4 Å². The van der Waals surface area contributed by atoms with E-state index in [2.05, 4.69) is 28.3 Å². The number of fused-ring (bicyclic) bond motifs is 1. The summed E-state index contributed by atoms with van der Waals surface area (Å²) in [6, 6.07) is 15.0. The monoisotopic (exact) mass is 532 g/mol. The minimum atomic E-state index is -0.305. The van der Waals surface area contributed by atoms with Crippen LogP contribution in [-0.2, 0) is 11.8 Å². The molecule has 0 saturated heterocycles. The van der Waals surface area contributed by atoms with Gasteiger partial charge in [-0.2, -0.15) is 5.26 Å². The maximum Gasteiger partial charge on any atom is 0.255 e. The van der Waals surface area contributed by atoms with Gasteiger partial charge in [-0.05, 0) is 66.6 Å². The molecule has 200 valence electrons. The first-order chi connectivity index (χ1) is 19.3. The van der Waals surface area contributed by atoms with Crippen LogP contribution in [0.15, 0.2) is 61.3 Å². The fourth-order valence-electron chi connectivity index (χ4n) is 6.09. The summed E-state index contributed by atoms with van der Waals surface area (Å²) < 4.78 is 7.62. The van der Waals surface area contributed by atoms with Gasteiger partial charge >= 0.3 is 0 Å². The van der Waals surface area contributed by atoms with E-state index in [1.54, 1.807) is 25.3 Å². The van der Waals surface area contributed by atoms with Crippen LogP contribution in [0.2, 0.25) is 0 Å². The first kappa shape index (κ1) is 25.2. The molecule has 3 saturated carbocycles. The largest absolute Gasteiger partial charge is 0.496 e. The molecule has 0 atom stereocenters. The van der Waals surface area contributed by atoms with Crippen LogP contribution in [0.5, 0.6) is 5.75 Å². The molecular formula is C31H28N6O3. The van der Waals surface area contributed by atoms with Crippen LogP contribution < -0.4 is 21.1 Å². The summed E-state index contributed by atoms with van der Waals surface area (Å²) in [6.07, 6.45) is 5.81. The standard InChI is InChI=1S/C31H28N6O3/c1-4-24(38)35-21-8-5-18(6-9-21)27-25(26-28(37(27)2)20(15-32)16-34-29(26)33)19-7-10-22(23(11-19)40-3)30(39)36-31-12-17(13-31)14-31/h4-11,16-17H,1,12-14H2,2-3H3,(H2,33,34)(H,35,38)(H,36,39). The number of ether oxygens (including phenoxy) is 1. The molecule has 9 nitrogen and oxygen atoms in total. The zero-order chi connectivity index (χ0) is 28.2. The van der Waals surface area contributed by atoms with Gasteiger partial charge in [0, 0.05) is 30.0 Å². The van der Waals surface area contributed by atoms with Crippen molar-refractivity contribution in [2.24, 2.45) is 13.0 Å². The molecule has 4 N–H and O–H groups in total. The summed E-state index contributed by atoms with van der Waals surface area (Å²) in [5.41, 5.74) is 11.6. The van der Waals surface area contributed by atoms with Gasteiger partial charge in [0.1, 0.15) is 17.6 Å². The fraction of sp³-hybridized carbons (Fsp3) is 0.226. The third-order valence-electron chi connectivity index (χ3n) is 8.12. The maximum absolute atomic E-state index is 13.2. The minimum absolute atomic E-state index is 0.0562. The number of hydrogen-bond donors (Lipinski definition) is 3. The first-order valence-corrected chi connectivity index (χ1v) is 13.0. The Bertz CT molecular complexity index is 1750. The van der Waals surface area contributed by atoms with E-state index >= 15 is 0 Å². The summed E-state index contributed by atoms with van der Waals surface area (Å²) >= 11 is 0. The van der Waals surface area contributed by atoms with Crippen molar-refractivity contribution >= 4 is 34.2 Å². The average Bonchev–Trinajstić information content (AvgIpc) is 3.24. The van der Waals surface area contributed by atoms with Gasteiger partial charge in [0.2, 0.25) is 5.91 Å². The van der Waals surface area contributed by atoms with E-state index in [9.17, 15) is 14.9 Å². The number of nitriles is 1. The number of carbonyl (C=O) groups is 2. The van der Waals surface area contributed by atoms with Gasteiger partial charge in [-0.3, -0.25) is 9.59 Å². The number of aryl methyl sites for hydroxylation is 1. The number of pyridine rings is 1. The van der Waals surface area contributed by atoms with E-state index in [-0.39, 0.29) is 23.2 Å². The molecule has 3 aliphatic carbocycles. The molecule has 40 heavy (non-hydrogen) atoms. The van der Waals surface area contributed by atoms with Crippen molar-refractivity contribution < 1.29 is 14.3 Å². The molecule has 0 spiro atoms. The number of rotatable bonds is 7. The van der Waals surface area contributed by atoms with Gasteiger partial charge in [0.25, 0.3) is 5.91 Å². The number of benzene rings is 2. The van der Waals surface area contributed by atoms with Crippen molar-refractivity contribution in [1.29, 1.82) is 5.26 Å². The number of methoxy groups -OCH3 is 1. The number of aromatic nitrogens is 2. The zero-order valence-electron chi connectivity index (χ0n) is 22.2. The molecule has 3 fully saturated rings. The van der Waals surface area contributed by atoms with Crippen LogP contribution in [0, 0.1) is 17.2 Å². The normalized spacial score (nSPS) is 18.7. The van der Waals surface area contributed by atoms with Crippen LogP contribution in [0.1, 0.15) is 35.2 Å². The molecule has 2 aromatic carbocycles. The van der Waals surface area contributed by atoms with Crippen molar-refractivity contribution in [3.63, 3.8) is 0 Å². The number of nitrogens with zero attached hydrogens (tertiary/aromatic N) is 3. The Hall–Kier alpha value is -5.10. The van der Waals surface area contributed by atoms with Gasteiger partial charge in [-0.15, -0.1) is 0 Å². The molecule has 4 aromatic rings. The molecular weight excluding hydrogens is 504 g/mol. The highest BCUT2D eigenvalue weighted by Gasteiger charge is 2.57. The van der Waals surface area contributed by atoms with Crippen molar-refractivity contribution in [3.8, 4) is 34.2 Å². The molecule has 0 radical (unpaired) electrons. The molecule has 7 rings (SSSR count). The Kier molecular flexibility index (Phi) is 5.84. The van der Waals surface area contributed by atoms with Crippen molar-refractivity contribution in [1.82, 2.24) is 14.9 Å². The summed E-state index contributed by atoms with van der Waals surface area (Å²) in [5.74, 6) is 1.02. The third-order valence-corrected chi connectivity index (χ3v) is 8.12. The summed E-state index contributed by atoms with van der Waals surface area (Å²) in [4.78, 5) is 29.3. The van der Waals surface area contributed by atoms with Gasteiger partial charge in [0.05, 0.1) is 34.8 Å². The van der Waals surface area contributed by atoms with Gasteiger partial charge in [-0.1, -0.05) is 24.8 Å². The van der Waals surface area contributed by atoms with Crippen molar-refractivity contribution in [2.75, 3.05) is 18.2 Å². The summed E-state index contributed by atoms with van der Waals surface area (Å²) in [5, 5.41) is 16.5. The van der Waals surface area contributed by atoms with E-state index in [4.69, 9.17) is 10.5 Å². The summed E-state index contributed by atoms with van der Waals surface area (Å²) in [7, 11) is 3.42. The zero-order valence-corrected chi connectivity index (χ0v) is 22.2. The second-order valence-corrected chi connectivity index (χ2v) is 10.6. The molecule has 9 heteroatoms. The number of amides is 2. The Morgan fingerprint density at radius 1 is 1.20 bits per heavy atom. The van der Waals surface area contributed by atoms with E-state index < -0.39 is 0 Å². The Morgan fingerprint density at radius 3 is 2.50 bits per heavy atom. The van der Waals surface area contributed by atoms with Crippen LogP contribution in [0.25, 0.3) is 33.3 Å². The SMILES string of the molecule is C=CC(=O)Nc1ccc(-c2c(-c3ccc(C(=O)NC45CC(C4)C5)c(OC)c3)c3c(N)ncc(C#N)c3n2C)cc1. The predicted molar refractivity (Wildman–Crippen MR) is 154 cm³/mol. The van der Waals surface area contributed by atoms with Crippen LogP contribution in [0.3, 0.4) is 0 Å². The maximum atomic E-state index is 13.2. The second-order valence-electron chi connectivity index (χ2n) is 10.6. The summed E-state index contributed by atoms with van der Waals surface area (Å²) in [6.45, 7) is 3.49. The fourth-order valence-corrected chi connectivity index (χ4v) is 6.09. The van der Waals surface area contributed by atoms with Crippen LogP contribution >= 0.6 is 0 Å². The molecule has 3 aliphatic rings. The number of hydrogen-bond acceptors (Lipinski definition) is 6. The van der Waals surface area contributed by atoms with Crippen LogP contribution in [0.4, 0.5) is 11.5 Å². The van der Waals surface area contributed by atoms with E-state index in [1.165, 1.54) is 12.3 Å². The highest BCUT2D eigenvalue weighted by atomic mass is 16.5. The molecule has 2 aromatic heterocycles. The lowest BCUT2D eigenvalue weighted by Crippen LogP contribution is -2.68. The van der Waals surface area contributed by atoms with E-state index in [0.29, 0.717) is 33.5 Å². The number of nitrogens with two attached hydrogens (primary N) is 1. The smallest absolute Gasteiger partial charge is 0.255 e. The van der Waals surface area contributed by atoms with Crippen molar-refractivity contribution in [2.45, 2.75) is 24.8 Å². The lowest BCUT2D eigenvalue weighted by Gasteiger charge is -2.61. The number of nitrogen functional groups attached to an aromatic ring is 1. The van der Waals surface area contributed by atoms with Gasteiger partial charge < -0.3 is 25.7 Å². The van der Waals surface area contributed by atoms with E-state index in [1.807, 2.05) is 35.9 Å². The molecule has 0 unspecified atom stereocenters. The Morgan fingerprint density at radius 2 is 1.90 bits per heavy atom. The number of nitrogens with one attached hydrogen (secondary N) is 2. The molecule has 2 heterocycles.